The molecule has 2 unspecified atom stereocenters. The standard InChI is InChI=1S/C17H33N3/c1-4-8-16-9-7-11-17(15-18,12-10-16)19-13-14-20(5-2)6-3/h16,19H,4-14H2,1-3H3. The molecule has 0 heterocycles. The van der Waals surface area contributed by atoms with Crippen LogP contribution in [-0.4, -0.2) is 36.6 Å². The molecule has 20 heavy (non-hydrogen) atoms. The molecule has 1 rings (SSSR count). The Labute approximate surface area is 125 Å². The summed E-state index contributed by atoms with van der Waals surface area (Å²) in [5.74, 6) is 0.847. The van der Waals surface area contributed by atoms with Gasteiger partial charge in [-0.15, -0.1) is 0 Å². The Hall–Kier alpha value is -0.590. The van der Waals surface area contributed by atoms with Crippen LogP contribution >= 0.6 is 0 Å². The molecule has 116 valence electrons. The Kier molecular flexibility index (Phi) is 8.18. The Morgan fingerprint density at radius 3 is 2.55 bits per heavy atom. The highest BCUT2D eigenvalue weighted by Crippen LogP contribution is 2.32. The molecule has 1 N–H and O–H groups in total. The van der Waals surface area contributed by atoms with Gasteiger partial charge in [0, 0.05) is 13.1 Å². The topological polar surface area (TPSA) is 39.1 Å². The van der Waals surface area contributed by atoms with Crippen LogP contribution in [0.1, 0.15) is 65.7 Å². The monoisotopic (exact) mass is 279 g/mol. The van der Waals surface area contributed by atoms with E-state index in [1.54, 1.807) is 0 Å². The smallest absolute Gasteiger partial charge is 0.106 e. The first-order valence-corrected chi connectivity index (χ1v) is 8.58. The van der Waals surface area contributed by atoms with E-state index in [-0.39, 0.29) is 5.54 Å². The van der Waals surface area contributed by atoms with Crippen LogP contribution in [0.5, 0.6) is 0 Å². The van der Waals surface area contributed by atoms with Crippen LogP contribution in [-0.2, 0) is 0 Å². The lowest BCUT2D eigenvalue weighted by Gasteiger charge is -2.28. The van der Waals surface area contributed by atoms with Crippen LogP contribution in [0.4, 0.5) is 0 Å². The highest BCUT2D eigenvalue weighted by atomic mass is 15.1. The zero-order valence-corrected chi connectivity index (χ0v) is 13.7. The molecular weight excluding hydrogens is 246 g/mol. The summed E-state index contributed by atoms with van der Waals surface area (Å²) in [7, 11) is 0. The normalized spacial score (nSPS) is 27.2. The summed E-state index contributed by atoms with van der Waals surface area (Å²) >= 11 is 0. The highest BCUT2D eigenvalue weighted by molar-refractivity contribution is 5.08. The molecule has 2 atom stereocenters. The third-order valence-corrected chi connectivity index (χ3v) is 4.89. The van der Waals surface area contributed by atoms with Crippen LogP contribution in [0.15, 0.2) is 0 Å². The van der Waals surface area contributed by atoms with Gasteiger partial charge in [0.1, 0.15) is 5.54 Å². The summed E-state index contributed by atoms with van der Waals surface area (Å²) < 4.78 is 0. The maximum Gasteiger partial charge on any atom is 0.106 e. The molecule has 0 aromatic heterocycles. The molecule has 0 aromatic carbocycles. The predicted molar refractivity (Wildman–Crippen MR) is 85.6 cm³/mol. The van der Waals surface area contributed by atoms with Crippen molar-refractivity contribution in [3.8, 4) is 6.07 Å². The predicted octanol–water partition coefficient (Wildman–Crippen LogP) is 3.56. The van der Waals surface area contributed by atoms with Gasteiger partial charge in [-0.1, -0.05) is 46.5 Å². The van der Waals surface area contributed by atoms with Crippen molar-refractivity contribution in [2.24, 2.45) is 5.92 Å². The van der Waals surface area contributed by atoms with E-state index in [4.69, 9.17) is 0 Å². The summed E-state index contributed by atoms with van der Waals surface area (Å²) in [5, 5.41) is 13.2. The molecule has 0 aliphatic heterocycles. The minimum Gasteiger partial charge on any atom is -0.303 e. The van der Waals surface area contributed by atoms with E-state index in [0.29, 0.717) is 0 Å². The first-order chi connectivity index (χ1) is 9.69. The van der Waals surface area contributed by atoms with Crippen molar-refractivity contribution in [3.05, 3.63) is 0 Å². The van der Waals surface area contributed by atoms with Gasteiger partial charge in [0.05, 0.1) is 6.07 Å². The van der Waals surface area contributed by atoms with E-state index in [2.05, 4.69) is 37.1 Å². The van der Waals surface area contributed by atoms with E-state index in [1.807, 2.05) is 0 Å². The lowest BCUT2D eigenvalue weighted by Crippen LogP contribution is -2.46. The summed E-state index contributed by atoms with van der Waals surface area (Å²) in [6, 6.07) is 2.60. The molecule has 3 heteroatoms. The molecule has 1 aliphatic rings. The quantitative estimate of drug-likeness (QED) is 0.691. The lowest BCUT2D eigenvalue weighted by atomic mass is 9.90. The van der Waals surface area contributed by atoms with Crippen LogP contribution in [0.2, 0.25) is 0 Å². The van der Waals surface area contributed by atoms with Gasteiger partial charge in [-0.25, -0.2) is 0 Å². The Bertz CT molecular complexity index is 293. The molecule has 0 aromatic rings. The Morgan fingerprint density at radius 1 is 1.20 bits per heavy atom. The molecule has 1 saturated carbocycles. The summed E-state index contributed by atoms with van der Waals surface area (Å²) in [5.41, 5.74) is -0.254. The lowest BCUT2D eigenvalue weighted by molar-refractivity contribution is 0.276. The summed E-state index contributed by atoms with van der Waals surface area (Å²) in [6.07, 6.45) is 8.42. The van der Waals surface area contributed by atoms with Crippen LogP contribution in [0.25, 0.3) is 0 Å². The van der Waals surface area contributed by atoms with Gasteiger partial charge in [-0.3, -0.25) is 5.32 Å². The van der Waals surface area contributed by atoms with Gasteiger partial charge in [0.15, 0.2) is 0 Å². The van der Waals surface area contributed by atoms with Crippen LogP contribution in [0.3, 0.4) is 0 Å². The second kappa shape index (κ2) is 9.37. The highest BCUT2D eigenvalue weighted by Gasteiger charge is 2.32. The fraction of sp³-hybridized carbons (Fsp3) is 0.941. The Morgan fingerprint density at radius 2 is 1.95 bits per heavy atom. The van der Waals surface area contributed by atoms with Crippen molar-refractivity contribution in [3.63, 3.8) is 0 Å². The first-order valence-electron chi connectivity index (χ1n) is 8.58. The zero-order valence-electron chi connectivity index (χ0n) is 13.7. The molecule has 0 amide bonds. The van der Waals surface area contributed by atoms with E-state index >= 15 is 0 Å². The van der Waals surface area contributed by atoms with Crippen LogP contribution in [0, 0.1) is 17.2 Å². The molecule has 3 nitrogen and oxygen atoms in total. The van der Waals surface area contributed by atoms with Crippen molar-refractivity contribution in [1.29, 1.82) is 5.26 Å². The van der Waals surface area contributed by atoms with Gasteiger partial charge < -0.3 is 4.90 Å². The number of hydrogen-bond donors (Lipinski definition) is 1. The zero-order chi connectivity index (χ0) is 14.8. The molecule has 0 radical (unpaired) electrons. The molecule has 0 saturated heterocycles. The second-order valence-corrected chi connectivity index (χ2v) is 6.23. The van der Waals surface area contributed by atoms with Gasteiger partial charge in [0.25, 0.3) is 0 Å². The van der Waals surface area contributed by atoms with E-state index < -0.39 is 0 Å². The van der Waals surface area contributed by atoms with Crippen molar-refractivity contribution < 1.29 is 0 Å². The van der Waals surface area contributed by atoms with Gasteiger partial charge in [-0.05, 0) is 38.3 Å². The largest absolute Gasteiger partial charge is 0.303 e. The molecule has 1 aliphatic carbocycles. The van der Waals surface area contributed by atoms with Crippen molar-refractivity contribution in [2.75, 3.05) is 26.2 Å². The van der Waals surface area contributed by atoms with Gasteiger partial charge >= 0.3 is 0 Å². The minimum atomic E-state index is -0.254. The maximum atomic E-state index is 9.64. The van der Waals surface area contributed by atoms with E-state index in [9.17, 15) is 5.26 Å². The number of nitriles is 1. The third-order valence-electron chi connectivity index (χ3n) is 4.89. The molecule has 0 spiro atoms. The SMILES string of the molecule is CCCC1CCCC(C#N)(NCCN(CC)CC)CC1. The molecule has 1 fully saturated rings. The summed E-state index contributed by atoms with van der Waals surface area (Å²) in [4.78, 5) is 2.41. The average molecular weight is 279 g/mol. The van der Waals surface area contributed by atoms with Crippen molar-refractivity contribution in [1.82, 2.24) is 10.2 Å². The molecular formula is C17H33N3. The number of nitrogens with zero attached hydrogens (tertiary/aromatic N) is 2. The average Bonchev–Trinajstić information content (AvgIpc) is 2.68. The number of likely N-dealkylation sites (N-methyl/N-ethyl adjacent to an activating group) is 1. The first kappa shape index (κ1) is 17.5. The van der Waals surface area contributed by atoms with Gasteiger partial charge in [0.2, 0.25) is 0 Å². The third kappa shape index (κ3) is 5.42. The van der Waals surface area contributed by atoms with Crippen LogP contribution < -0.4 is 5.32 Å². The van der Waals surface area contributed by atoms with E-state index in [1.165, 1.54) is 32.1 Å². The fourth-order valence-electron chi connectivity index (χ4n) is 3.43. The van der Waals surface area contributed by atoms with E-state index in [0.717, 1.165) is 44.9 Å². The van der Waals surface area contributed by atoms with Crippen molar-refractivity contribution in [2.45, 2.75) is 71.3 Å². The van der Waals surface area contributed by atoms with Crippen molar-refractivity contribution >= 4 is 0 Å². The number of hydrogen-bond acceptors (Lipinski definition) is 3. The Balaban J connectivity index is 2.45. The molecule has 0 bridgehead atoms. The number of nitrogens with one attached hydrogen (secondary N) is 1. The minimum absolute atomic E-state index is 0.254. The maximum absolute atomic E-state index is 9.64. The number of rotatable bonds is 8. The second-order valence-electron chi connectivity index (χ2n) is 6.23. The fourth-order valence-corrected chi connectivity index (χ4v) is 3.43. The summed E-state index contributed by atoms with van der Waals surface area (Å²) in [6.45, 7) is 10.8. The van der Waals surface area contributed by atoms with Gasteiger partial charge in [-0.2, -0.15) is 5.26 Å².